The molecule has 0 heterocycles. The molecule has 0 aromatic heterocycles. The summed E-state index contributed by atoms with van der Waals surface area (Å²) >= 11 is 0. The Morgan fingerprint density at radius 1 is 0.952 bits per heavy atom. The average Bonchev–Trinajstić information content (AvgIpc) is 2.44. The van der Waals surface area contributed by atoms with E-state index >= 15 is 0 Å². The van der Waals surface area contributed by atoms with Crippen molar-refractivity contribution in [3.8, 4) is 0 Å². The zero-order chi connectivity index (χ0) is 14.5. The zero-order valence-electron chi connectivity index (χ0n) is 13.0. The van der Waals surface area contributed by atoms with Crippen molar-refractivity contribution in [3.05, 3.63) is 0 Å². The van der Waals surface area contributed by atoms with Gasteiger partial charge in [-0.2, -0.15) is 0 Å². The van der Waals surface area contributed by atoms with Crippen LogP contribution in [0.4, 0.5) is 0 Å². The Kier molecular flexibility index (Phi) is 3.33. The standard InChI is InChI=1S/C18H28O3/c19-16(21-12-18(20)4-2-1-3-5-18)17-9-13-6-14(10-17)8-15(7-13)11-17/h13-15,20H,1-12H2. The van der Waals surface area contributed by atoms with Crippen molar-refractivity contribution in [2.24, 2.45) is 23.2 Å². The SMILES string of the molecule is O=C(OCC1(O)CCCCC1)C12CC3CC(CC(C3)C1)C2. The van der Waals surface area contributed by atoms with E-state index < -0.39 is 5.60 Å². The number of aliphatic hydroxyl groups is 1. The number of rotatable bonds is 3. The van der Waals surface area contributed by atoms with Gasteiger partial charge in [-0.3, -0.25) is 4.79 Å². The minimum absolute atomic E-state index is 0.0144. The molecule has 5 aliphatic rings. The molecule has 3 heteroatoms. The Balaban J connectivity index is 1.41. The molecular weight excluding hydrogens is 264 g/mol. The lowest BCUT2D eigenvalue weighted by molar-refractivity contribution is -0.179. The van der Waals surface area contributed by atoms with Crippen LogP contribution in [0.2, 0.25) is 0 Å². The third-order valence-corrected chi connectivity index (χ3v) is 6.73. The summed E-state index contributed by atoms with van der Waals surface area (Å²) in [5, 5.41) is 10.5. The van der Waals surface area contributed by atoms with Crippen molar-refractivity contribution in [2.75, 3.05) is 6.61 Å². The Hall–Kier alpha value is -0.570. The van der Waals surface area contributed by atoms with Crippen LogP contribution in [-0.2, 0) is 9.53 Å². The average molecular weight is 292 g/mol. The van der Waals surface area contributed by atoms with Gasteiger partial charge in [-0.15, -0.1) is 0 Å². The highest BCUT2D eigenvalue weighted by atomic mass is 16.5. The fourth-order valence-electron chi connectivity index (χ4n) is 6.07. The molecule has 0 radical (unpaired) electrons. The minimum atomic E-state index is -0.740. The molecule has 5 fully saturated rings. The van der Waals surface area contributed by atoms with Crippen molar-refractivity contribution in [2.45, 2.75) is 76.2 Å². The smallest absolute Gasteiger partial charge is 0.312 e. The van der Waals surface area contributed by atoms with E-state index in [-0.39, 0.29) is 18.0 Å². The predicted molar refractivity (Wildman–Crippen MR) is 79.6 cm³/mol. The van der Waals surface area contributed by atoms with Gasteiger partial charge in [-0.05, 0) is 69.1 Å². The first-order valence-corrected chi connectivity index (χ1v) is 8.97. The second-order valence-corrected chi connectivity index (χ2v) is 8.56. The molecule has 0 unspecified atom stereocenters. The second kappa shape index (κ2) is 4.97. The monoisotopic (exact) mass is 292 g/mol. The quantitative estimate of drug-likeness (QED) is 0.811. The lowest BCUT2D eigenvalue weighted by Gasteiger charge is -2.55. The van der Waals surface area contributed by atoms with Crippen LogP contribution in [0.5, 0.6) is 0 Å². The maximum Gasteiger partial charge on any atom is 0.312 e. The molecule has 4 bridgehead atoms. The van der Waals surface area contributed by atoms with Gasteiger partial charge < -0.3 is 9.84 Å². The normalized spacial score (nSPS) is 43.8. The fraction of sp³-hybridized carbons (Fsp3) is 0.944. The predicted octanol–water partition coefficient (Wildman–Crippen LogP) is 3.44. The summed E-state index contributed by atoms with van der Waals surface area (Å²) in [6.07, 6.45) is 12.1. The van der Waals surface area contributed by atoms with Crippen molar-refractivity contribution in [3.63, 3.8) is 0 Å². The molecule has 1 N–H and O–H groups in total. The van der Waals surface area contributed by atoms with Crippen LogP contribution >= 0.6 is 0 Å². The van der Waals surface area contributed by atoms with Gasteiger partial charge in [0, 0.05) is 0 Å². The first kappa shape index (κ1) is 14.0. The largest absolute Gasteiger partial charge is 0.462 e. The number of esters is 1. The molecule has 0 amide bonds. The van der Waals surface area contributed by atoms with Gasteiger partial charge in [0.25, 0.3) is 0 Å². The number of carbonyl (C=O) groups is 1. The van der Waals surface area contributed by atoms with E-state index in [1.807, 2.05) is 0 Å². The second-order valence-electron chi connectivity index (χ2n) is 8.56. The molecule has 5 rings (SSSR count). The van der Waals surface area contributed by atoms with Gasteiger partial charge in [0.15, 0.2) is 0 Å². The van der Waals surface area contributed by atoms with Crippen molar-refractivity contribution in [1.82, 2.24) is 0 Å². The summed E-state index contributed by atoms with van der Waals surface area (Å²) in [6, 6.07) is 0. The highest BCUT2D eigenvalue weighted by Crippen LogP contribution is 2.60. The van der Waals surface area contributed by atoms with Crippen LogP contribution in [0.3, 0.4) is 0 Å². The van der Waals surface area contributed by atoms with Crippen LogP contribution in [0, 0.1) is 23.2 Å². The third-order valence-electron chi connectivity index (χ3n) is 6.73. The number of ether oxygens (including phenoxy) is 1. The van der Waals surface area contributed by atoms with E-state index in [1.165, 1.54) is 25.7 Å². The maximum absolute atomic E-state index is 12.7. The van der Waals surface area contributed by atoms with Gasteiger partial charge in [0.2, 0.25) is 0 Å². The Bertz CT molecular complexity index is 387. The van der Waals surface area contributed by atoms with Crippen LogP contribution < -0.4 is 0 Å². The first-order chi connectivity index (χ1) is 10.1. The lowest BCUT2D eigenvalue weighted by atomic mass is 9.49. The van der Waals surface area contributed by atoms with Crippen LogP contribution in [-0.4, -0.2) is 23.3 Å². The van der Waals surface area contributed by atoms with Gasteiger partial charge >= 0.3 is 5.97 Å². The number of carbonyl (C=O) groups excluding carboxylic acids is 1. The van der Waals surface area contributed by atoms with Gasteiger partial charge in [0.1, 0.15) is 6.61 Å². The van der Waals surface area contributed by atoms with E-state index in [4.69, 9.17) is 4.74 Å². The van der Waals surface area contributed by atoms with E-state index in [0.29, 0.717) is 0 Å². The van der Waals surface area contributed by atoms with Gasteiger partial charge in [0.05, 0.1) is 11.0 Å². The topological polar surface area (TPSA) is 46.5 Å². The summed E-state index contributed by atoms with van der Waals surface area (Å²) in [4.78, 5) is 12.7. The highest BCUT2D eigenvalue weighted by Gasteiger charge is 2.55. The summed E-state index contributed by atoms with van der Waals surface area (Å²) in [5.41, 5.74) is -0.921. The Labute approximate surface area is 127 Å². The molecule has 5 saturated carbocycles. The number of hydrogen-bond acceptors (Lipinski definition) is 3. The summed E-state index contributed by atoms with van der Waals surface area (Å²) in [7, 11) is 0. The molecular formula is C18H28O3. The summed E-state index contributed by atoms with van der Waals surface area (Å²) in [5.74, 6) is 2.31. The lowest BCUT2D eigenvalue weighted by Crippen LogP contribution is -2.51. The highest BCUT2D eigenvalue weighted by molar-refractivity contribution is 5.77. The van der Waals surface area contributed by atoms with E-state index in [0.717, 1.165) is 62.7 Å². The molecule has 0 aromatic rings. The van der Waals surface area contributed by atoms with Crippen molar-refractivity contribution >= 4 is 5.97 Å². The first-order valence-electron chi connectivity index (χ1n) is 8.97. The molecule has 3 nitrogen and oxygen atoms in total. The Morgan fingerprint density at radius 2 is 1.48 bits per heavy atom. The van der Waals surface area contributed by atoms with Crippen LogP contribution in [0.1, 0.15) is 70.6 Å². The summed E-state index contributed by atoms with van der Waals surface area (Å²) < 4.78 is 5.68. The molecule has 0 saturated heterocycles. The van der Waals surface area contributed by atoms with Gasteiger partial charge in [-0.25, -0.2) is 0 Å². The molecule has 21 heavy (non-hydrogen) atoms. The molecule has 0 spiro atoms. The van der Waals surface area contributed by atoms with Crippen LogP contribution in [0.15, 0.2) is 0 Å². The zero-order valence-corrected chi connectivity index (χ0v) is 13.0. The third kappa shape index (κ3) is 2.52. The Morgan fingerprint density at radius 3 is 2.00 bits per heavy atom. The summed E-state index contributed by atoms with van der Waals surface area (Å²) in [6.45, 7) is 0.230. The van der Waals surface area contributed by atoms with Crippen LogP contribution in [0.25, 0.3) is 0 Å². The number of hydrogen-bond donors (Lipinski definition) is 1. The maximum atomic E-state index is 12.7. The van der Waals surface area contributed by atoms with E-state index in [2.05, 4.69) is 0 Å². The molecule has 0 aliphatic heterocycles. The molecule has 118 valence electrons. The van der Waals surface area contributed by atoms with Crippen molar-refractivity contribution < 1.29 is 14.6 Å². The fourth-order valence-corrected chi connectivity index (χ4v) is 6.07. The van der Waals surface area contributed by atoms with E-state index in [9.17, 15) is 9.90 Å². The minimum Gasteiger partial charge on any atom is -0.462 e. The van der Waals surface area contributed by atoms with Crippen molar-refractivity contribution in [1.29, 1.82) is 0 Å². The van der Waals surface area contributed by atoms with E-state index in [1.54, 1.807) is 0 Å². The molecule has 0 atom stereocenters. The molecule has 5 aliphatic carbocycles. The molecule has 0 aromatic carbocycles. The van der Waals surface area contributed by atoms with Gasteiger partial charge in [-0.1, -0.05) is 19.3 Å².